The van der Waals surface area contributed by atoms with Gasteiger partial charge in [0.2, 0.25) is 6.29 Å². The number of hydrogen-bond donors (Lipinski definition) is 3. The first kappa shape index (κ1) is 18.9. The third-order valence-electron chi connectivity index (χ3n) is 4.16. The maximum absolute atomic E-state index is 12.3. The summed E-state index contributed by atoms with van der Waals surface area (Å²) in [6.45, 7) is 5.80. The molecule has 6 heteroatoms. The Morgan fingerprint density at radius 3 is 2.38 bits per heavy atom. The van der Waals surface area contributed by atoms with E-state index in [2.05, 4.69) is 13.8 Å². The summed E-state index contributed by atoms with van der Waals surface area (Å²) in [5, 5.41) is 28.8. The van der Waals surface area contributed by atoms with Gasteiger partial charge in [0.25, 0.3) is 0 Å². The zero-order valence-electron chi connectivity index (χ0n) is 14.3. The average molecular weight is 338 g/mol. The van der Waals surface area contributed by atoms with Crippen LogP contribution >= 0.6 is 0 Å². The van der Waals surface area contributed by atoms with E-state index in [1.54, 1.807) is 6.92 Å². The minimum absolute atomic E-state index is 0.200. The number of ether oxygens (including phenoxy) is 2. The molecule has 1 saturated heterocycles. The molecule has 5 atom stereocenters. The summed E-state index contributed by atoms with van der Waals surface area (Å²) in [5.74, 6) is -0.526. The highest BCUT2D eigenvalue weighted by Gasteiger charge is 2.40. The standard InChI is InChI=1S/C18H26O6/c1-10(2)8-12-4-6-13(7-5-12)11(3)17(22)24-18-16(21)15(20)14(19)9-23-18/h4-7,10-11,14-16,18-21H,8-9H2,1-3H3/t11?,14-,15+,16-,18?/m1/s1. The van der Waals surface area contributed by atoms with Crippen LogP contribution in [0.4, 0.5) is 0 Å². The number of carbonyl (C=O) groups is 1. The molecular formula is C18H26O6. The quantitative estimate of drug-likeness (QED) is 0.693. The van der Waals surface area contributed by atoms with Crippen molar-refractivity contribution >= 4 is 5.97 Å². The molecule has 0 saturated carbocycles. The smallest absolute Gasteiger partial charge is 0.315 e. The Bertz CT molecular complexity index is 541. The second-order valence-corrected chi connectivity index (χ2v) is 6.75. The Balaban J connectivity index is 1.96. The lowest BCUT2D eigenvalue weighted by Crippen LogP contribution is -2.54. The van der Waals surface area contributed by atoms with Gasteiger partial charge in [-0.3, -0.25) is 4.79 Å². The third-order valence-corrected chi connectivity index (χ3v) is 4.16. The summed E-state index contributed by atoms with van der Waals surface area (Å²) in [7, 11) is 0. The maximum Gasteiger partial charge on any atom is 0.315 e. The summed E-state index contributed by atoms with van der Waals surface area (Å²) >= 11 is 0. The van der Waals surface area contributed by atoms with Crippen LogP contribution in [0.3, 0.4) is 0 Å². The average Bonchev–Trinajstić information content (AvgIpc) is 2.55. The van der Waals surface area contributed by atoms with Gasteiger partial charge < -0.3 is 24.8 Å². The summed E-state index contributed by atoms with van der Waals surface area (Å²) in [6, 6.07) is 7.76. The van der Waals surface area contributed by atoms with Crippen LogP contribution in [0.1, 0.15) is 37.8 Å². The molecule has 0 radical (unpaired) electrons. The second kappa shape index (κ2) is 8.07. The van der Waals surface area contributed by atoms with Crippen molar-refractivity contribution in [2.75, 3.05) is 6.61 Å². The largest absolute Gasteiger partial charge is 0.432 e. The summed E-state index contributed by atoms with van der Waals surface area (Å²) in [5.41, 5.74) is 2.01. The summed E-state index contributed by atoms with van der Waals surface area (Å²) in [6.07, 6.45) is -4.37. The Kier molecular flexibility index (Phi) is 6.34. The van der Waals surface area contributed by atoms with Gasteiger partial charge in [-0.1, -0.05) is 38.1 Å². The molecule has 24 heavy (non-hydrogen) atoms. The fourth-order valence-electron chi connectivity index (χ4n) is 2.65. The molecule has 1 aliphatic heterocycles. The van der Waals surface area contributed by atoms with E-state index in [4.69, 9.17) is 9.47 Å². The van der Waals surface area contributed by atoms with Crippen LogP contribution in [0.15, 0.2) is 24.3 Å². The molecule has 0 amide bonds. The molecule has 134 valence electrons. The van der Waals surface area contributed by atoms with Gasteiger partial charge in [0.1, 0.15) is 18.3 Å². The Labute approximate surface area is 142 Å². The van der Waals surface area contributed by atoms with Crippen molar-refractivity contribution in [1.82, 2.24) is 0 Å². The predicted octanol–water partition coefficient (Wildman–Crippen LogP) is 0.971. The topological polar surface area (TPSA) is 96.2 Å². The van der Waals surface area contributed by atoms with Crippen molar-refractivity contribution in [3.05, 3.63) is 35.4 Å². The Hall–Kier alpha value is -1.47. The van der Waals surface area contributed by atoms with Gasteiger partial charge in [0.05, 0.1) is 12.5 Å². The molecule has 0 aromatic heterocycles. The molecule has 6 nitrogen and oxygen atoms in total. The second-order valence-electron chi connectivity index (χ2n) is 6.75. The highest BCUT2D eigenvalue weighted by atomic mass is 16.7. The van der Waals surface area contributed by atoms with Crippen LogP contribution in [0, 0.1) is 5.92 Å². The zero-order valence-corrected chi connectivity index (χ0v) is 14.3. The van der Waals surface area contributed by atoms with Gasteiger partial charge in [-0.05, 0) is 30.4 Å². The Morgan fingerprint density at radius 1 is 1.17 bits per heavy atom. The fourth-order valence-corrected chi connectivity index (χ4v) is 2.65. The third kappa shape index (κ3) is 4.54. The lowest BCUT2D eigenvalue weighted by atomic mass is 9.97. The van der Waals surface area contributed by atoms with E-state index in [0.29, 0.717) is 5.92 Å². The SMILES string of the molecule is CC(C)Cc1ccc(C(C)C(=O)OC2OC[C@@H](O)[C@H](O)[C@H]2O)cc1. The van der Waals surface area contributed by atoms with Crippen molar-refractivity contribution in [2.24, 2.45) is 5.92 Å². The highest BCUT2D eigenvalue weighted by Crippen LogP contribution is 2.22. The molecule has 1 fully saturated rings. The number of carbonyl (C=O) groups excluding carboxylic acids is 1. The van der Waals surface area contributed by atoms with Gasteiger partial charge in [0.15, 0.2) is 0 Å². The predicted molar refractivity (Wildman–Crippen MR) is 87.3 cm³/mol. The first-order chi connectivity index (χ1) is 11.3. The van der Waals surface area contributed by atoms with Crippen molar-refractivity contribution in [2.45, 2.75) is 57.7 Å². The normalized spacial score (nSPS) is 28.6. The maximum atomic E-state index is 12.3. The number of aliphatic hydroxyl groups is 3. The van der Waals surface area contributed by atoms with Crippen LogP contribution in [0.25, 0.3) is 0 Å². The minimum atomic E-state index is -1.47. The molecule has 1 heterocycles. The van der Waals surface area contributed by atoms with Gasteiger partial charge in [0, 0.05) is 0 Å². The first-order valence-electron chi connectivity index (χ1n) is 8.24. The van der Waals surface area contributed by atoms with E-state index in [1.165, 1.54) is 5.56 Å². The van der Waals surface area contributed by atoms with Crippen LogP contribution in [0.5, 0.6) is 0 Å². The molecule has 3 N–H and O–H groups in total. The molecule has 1 aromatic rings. The summed E-state index contributed by atoms with van der Waals surface area (Å²) in [4.78, 5) is 12.3. The van der Waals surface area contributed by atoms with E-state index in [0.717, 1.165) is 12.0 Å². The van der Waals surface area contributed by atoms with Crippen LogP contribution < -0.4 is 0 Å². The van der Waals surface area contributed by atoms with Crippen molar-refractivity contribution < 1.29 is 29.6 Å². The van der Waals surface area contributed by atoms with Gasteiger partial charge >= 0.3 is 5.97 Å². The molecule has 0 spiro atoms. The minimum Gasteiger partial charge on any atom is -0.432 e. The fraction of sp³-hybridized carbons (Fsp3) is 0.611. The number of hydrogen-bond acceptors (Lipinski definition) is 6. The van der Waals surface area contributed by atoms with Gasteiger partial charge in [-0.15, -0.1) is 0 Å². The summed E-state index contributed by atoms with van der Waals surface area (Å²) < 4.78 is 10.2. The number of benzene rings is 1. The Morgan fingerprint density at radius 2 is 1.79 bits per heavy atom. The van der Waals surface area contributed by atoms with E-state index in [-0.39, 0.29) is 6.61 Å². The van der Waals surface area contributed by atoms with Crippen LogP contribution in [-0.2, 0) is 20.7 Å². The van der Waals surface area contributed by atoms with E-state index in [9.17, 15) is 20.1 Å². The van der Waals surface area contributed by atoms with Crippen molar-refractivity contribution in [3.8, 4) is 0 Å². The van der Waals surface area contributed by atoms with Crippen molar-refractivity contribution in [1.29, 1.82) is 0 Å². The molecule has 1 aliphatic rings. The molecular weight excluding hydrogens is 312 g/mol. The number of esters is 1. The lowest BCUT2D eigenvalue weighted by molar-refractivity contribution is -0.263. The molecule has 0 aliphatic carbocycles. The highest BCUT2D eigenvalue weighted by molar-refractivity contribution is 5.77. The van der Waals surface area contributed by atoms with Crippen LogP contribution in [-0.4, -0.2) is 52.5 Å². The van der Waals surface area contributed by atoms with Crippen molar-refractivity contribution in [3.63, 3.8) is 0 Å². The molecule has 0 bridgehead atoms. The monoisotopic (exact) mass is 338 g/mol. The molecule has 1 aromatic carbocycles. The zero-order chi connectivity index (χ0) is 17.9. The van der Waals surface area contributed by atoms with E-state index >= 15 is 0 Å². The lowest BCUT2D eigenvalue weighted by Gasteiger charge is -2.34. The van der Waals surface area contributed by atoms with Gasteiger partial charge in [-0.25, -0.2) is 0 Å². The van der Waals surface area contributed by atoms with Crippen LogP contribution in [0.2, 0.25) is 0 Å². The van der Waals surface area contributed by atoms with Gasteiger partial charge in [-0.2, -0.15) is 0 Å². The number of rotatable bonds is 5. The van der Waals surface area contributed by atoms with E-state index < -0.39 is 36.5 Å². The molecule has 2 rings (SSSR count). The molecule has 2 unspecified atom stereocenters. The van der Waals surface area contributed by atoms with E-state index in [1.807, 2.05) is 24.3 Å². The first-order valence-corrected chi connectivity index (χ1v) is 8.24. The number of aliphatic hydroxyl groups excluding tert-OH is 3.